The summed E-state index contributed by atoms with van der Waals surface area (Å²) < 4.78 is 69.1. The molecule has 0 bridgehead atoms. The molecule has 0 aliphatic heterocycles. The molecule has 6 nitrogen and oxygen atoms in total. The SMILES string of the molecule is COc1ccc(-c2cc(C(F)(F)F)nn2-c2ccc(S(C)(=O)=O)cn2)cc1C. The van der Waals surface area contributed by atoms with Crippen LogP contribution in [-0.4, -0.2) is 36.5 Å². The van der Waals surface area contributed by atoms with Crippen LogP contribution >= 0.6 is 0 Å². The van der Waals surface area contributed by atoms with Crippen molar-refractivity contribution in [1.82, 2.24) is 14.8 Å². The van der Waals surface area contributed by atoms with Gasteiger partial charge in [0.05, 0.1) is 17.7 Å². The normalized spacial score (nSPS) is 12.2. The Morgan fingerprint density at radius 2 is 1.82 bits per heavy atom. The first kappa shape index (κ1) is 19.9. The van der Waals surface area contributed by atoms with E-state index in [0.29, 0.717) is 11.3 Å². The Morgan fingerprint density at radius 1 is 1.11 bits per heavy atom. The standard InChI is InChI=1S/C18H16F3N3O3S/c1-11-8-12(4-6-15(11)27-2)14-9-16(18(19,20)21)23-24(14)17-7-5-13(10-22-17)28(3,25)26/h4-10H,1-3H3. The molecule has 148 valence electrons. The van der Waals surface area contributed by atoms with Gasteiger partial charge in [0.15, 0.2) is 21.3 Å². The number of pyridine rings is 1. The van der Waals surface area contributed by atoms with Crippen LogP contribution in [0.5, 0.6) is 5.75 Å². The van der Waals surface area contributed by atoms with Crippen molar-refractivity contribution in [3.8, 4) is 22.8 Å². The second-order valence-electron chi connectivity index (χ2n) is 6.13. The highest BCUT2D eigenvalue weighted by Gasteiger charge is 2.35. The van der Waals surface area contributed by atoms with E-state index in [9.17, 15) is 21.6 Å². The average Bonchev–Trinajstić information content (AvgIpc) is 3.07. The number of methoxy groups -OCH3 is 1. The highest BCUT2D eigenvalue weighted by atomic mass is 32.2. The van der Waals surface area contributed by atoms with Crippen molar-refractivity contribution >= 4 is 9.84 Å². The van der Waals surface area contributed by atoms with Gasteiger partial charge < -0.3 is 4.74 Å². The van der Waals surface area contributed by atoms with Crippen LogP contribution < -0.4 is 4.74 Å². The van der Waals surface area contributed by atoms with E-state index in [-0.39, 0.29) is 16.4 Å². The zero-order valence-corrected chi connectivity index (χ0v) is 16.0. The lowest BCUT2D eigenvalue weighted by atomic mass is 10.1. The van der Waals surface area contributed by atoms with Gasteiger partial charge in [-0.25, -0.2) is 18.1 Å². The van der Waals surface area contributed by atoms with Crippen LogP contribution in [0.3, 0.4) is 0 Å². The molecule has 10 heteroatoms. The summed E-state index contributed by atoms with van der Waals surface area (Å²) in [5.41, 5.74) is 0.305. The molecule has 2 aromatic heterocycles. The lowest BCUT2D eigenvalue weighted by molar-refractivity contribution is -0.141. The third-order valence-corrected chi connectivity index (χ3v) is 5.15. The first-order valence-electron chi connectivity index (χ1n) is 7.99. The molecule has 0 fully saturated rings. The fourth-order valence-electron chi connectivity index (χ4n) is 2.65. The summed E-state index contributed by atoms with van der Waals surface area (Å²) in [5.74, 6) is 0.660. The van der Waals surface area contributed by atoms with E-state index in [0.717, 1.165) is 28.8 Å². The summed E-state index contributed by atoms with van der Waals surface area (Å²) in [6.45, 7) is 1.77. The minimum atomic E-state index is -4.64. The number of benzene rings is 1. The van der Waals surface area contributed by atoms with Crippen LogP contribution in [-0.2, 0) is 16.0 Å². The molecule has 0 spiro atoms. The predicted octanol–water partition coefficient (Wildman–Crippen LogP) is 3.67. The number of halogens is 3. The number of alkyl halides is 3. The van der Waals surface area contributed by atoms with Gasteiger partial charge in [0.2, 0.25) is 0 Å². The number of nitrogens with zero attached hydrogens (tertiary/aromatic N) is 3. The molecule has 0 unspecified atom stereocenters. The Morgan fingerprint density at radius 3 is 2.32 bits per heavy atom. The molecule has 0 aliphatic carbocycles. The van der Waals surface area contributed by atoms with Crippen LogP contribution in [0, 0.1) is 6.92 Å². The Hall–Kier alpha value is -2.88. The first-order chi connectivity index (χ1) is 13.0. The number of ether oxygens (including phenoxy) is 1. The number of rotatable bonds is 4. The van der Waals surface area contributed by atoms with Crippen LogP contribution in [0.15, 0.2) is 47.5 Å². The van der Waals surface area contributed by atoms with Gasteiger partial charge in [-0.2, -0.15) is 18.3 Å². The van der Waals surface area contributed by atoms with Gasteiger partial charge in [-0.1, -0.05) is 0 Å². The molecular formula is C18H16F3N3O3S. The topological polar surface area (TPSA) is 74.1 Å². The molecule has 0 saturated carbocycles. The minimum absolute atomic E-state index is 0.0405. The monoisotopic (exact) mass is 411 g/mol. The quantitative estimate of drug-likeness (QED) is 0.655. The van der Waals surface area contributed by atoms with E-state index < -0.39 is 21.7 Å². The summed E-state index contributed by atoms with van der Waals surface area (Å²) in [7, 11) is -1.98. The van der Waals surface area contributed by atoms with E-state index in [1.54, 1.807) is 25.1 Å². The summed E-state index contributed by atoms with van der Waals surface area (Å²) in [6.07, 6.45) is -2.54. The molecule has 0 N–H and O–H groups in total. The predicted molar refractivity (Wildman–Crippen MR) is 96.2 cm³/mol. The molecule has 0 amide bonds. The molecule has 3 rings (SSSR count). The maximum absolute atomic E-state index is 13.2. The summed E-state index contributed by atoms with van der Waals surface area (Å²) in [4.78, 5) is 3.94. The Kier molecular flexibility index (Phi) is 4.92. The van der Waals surface area contributed by atoms with Gasteiger partial charge in [-0.3, -0.25) is 0 Å². The Balaban J connectivity index is 2.18. The van der Waals surface area contributed by atoms with Crippen LogP contribution in [0.4, 0.5) is 13.2 Å². The fourth-order valence-corrected chi connectivity index (χ4v) is 3.21. The van der Waals surface area contributed by atoms with E-state index in [2.05, 4.69) is 10.1 Å². The molecule has 1 aromatic carbocycles. The van der Waals surface area contributed by atoms with Crippen LogP contribution in [0.25, 0.3) is 17.1 Å². The lowest BCUT2D eigenvalue weighted by Gasteiger charge is -2.10. The van der Waals surface area contributed by atoms with Crippen molar-refractivity contribution < 1.29 is 26.3 Å². The molecule has 0 atom stereocenters. The van der Waals surface area contributed by atoms with E-state index in [4.69, 9.17) is 4.74 Å². The molecular weight excluding hydrogens is 395 g/mol. The fraction of sp³-hybridized carbons (Fsp3) is 0.222. The number of hydrogen-bond acceptors (Lipinski definition) is 5. The van der Waals surface area contributed by atoms with Crippen LogP contribution in [0.2, 0.25) is 0 Å². The summed E-state index contributed by atoms with van der Waals surface area (Å²) >= 11 is 0. The maximum Gasteiger partial charge on any atom is 0.435 e. The van der Waals surface area contributed by atoms with Crippen molar-refractivity contribution in [2.75, 3.05) is 13.4 Å². The van der Waals surface area contributed by atoms with Crippen molar-refractivity contribution in [2.45, 2.75) is 18.0 Å². The zero-order valence-electron chi connectivity index (χ0n) is 15.1. The lowest BCUT2D eigenvalue weighted by Crippen LogP contribution is -2.08. The molecule has 0 saturated heterocycles. The van der Waals surface area contributed by atoms with E-state index in [1.165, 1.54) is 19.2 Å². The number of aromatic nitrogens is 3. The second kappa shape index (κ2) is 6.93. The number of sulfone groups is 1. The van der Waals surface area contributed by atoms with Crippen molar-refractivity contribution in [2.24, 2.45) is 0 Å². The molecule has 3 aromatic rings. The second-order valence-corrected chi connectivity index (χ2v) is 8.15. The third-order valence-electron chi connectivity index (χ3n) is 4.06. The van der Waals surface area contributed by atoms with Gasteiger partial charge in [-0.05, 0) is 48.9 Å². The highest BCUT2D eigenvalue weighted by molar-refractivity contribution is 7.90. The molecule has 28 heavy (non-hydrogen) atoms. The largest absolute Gasteiger partial charge is 0.496 e. The van der Waals surface area contributed by atoms with Crippen molar-refractivity contribution in [3.63, 3.8) is 0 Å². The molecule has 0 radical (unpaired) electrons. The van der Waals surface area contributed by atoms with Crippen molar-refractivity contribution in [1.29, 1.82) is 0 Å². The van der Waals surface area contributed by atoms with Gasteiger partial charge in [0, 0.05) is 18.0 Å². The van der Waals surface area contributed by atoms with E-state index >= 15 is 0 Å². The van der Waals surface area contributed by atoms with Crippen LogP contribution in [0.1, 0.15) is 11.3 Å². The summed E-state index contributed by atoms with van der Waals surface area (Å²) in [5, 5.41) is 3.64. The number of aryl methyl sites for hydroxylation is 1. The Labute approximate surface area is 159 Å². The first-order valence-corrected chi connectivity index (χ1v) is 9.88. The molecule has 0 aliphatic rings. The van der Waals surface area contributed by atoms with Gasteiger partial charge in [0.25, 0.3) is 0 Å². The van der Waals surface area contributed by atoms with Gasteiger partial charge >= 0.3 is 6.18 Å². The zero-order chi connectivity index (χ0) is 20.7. The minimum Gasteiger partial charge on any atom is -0.496 e. The van der Waals surface area contributed by atoms with Gasteiger partial charge in [-0.15, -0.1) is 0 Å². The average molecular weight is 411 g/mol. The Bertz CT molecular complexity index is 1120. The third kappa shape index (κ3) is 3.86. The smallest absolute Gasteiger partial charge is 0.435 e. The highest BCUT2D eigenvalue weighted by Crippen LogP contribution is 2.34. The number of hydrogen-bond donors (Lipinski definition) is 0. The summed E-state index contributed by atoms with van der Waals surface area (Å²) in [6, 6.07) is 8.45. The van der Waals surface area contributed by atoms with Crippen molar-refractivity contribution in [3.05, 3.63) is 53.9 Å². The van der Waals surface area contributed by atoms with Gasteiger partial charge in [0.1, 0.15) is 5.75 Å². The van der Waals surface area contributed by atoms with E-state index in [1.807, 2.05) is 0 Å². The maximum atomic E-state index is 13.2. The molecule has 2 heterocycles.